The van der Waals surface area contributed by atoms with Gasteiger partial charge >= 0.3 is 57.3 Å². The van der Waals surface area contributed by atoms with Crippen molar-refractivity contribution in [3.05, 3.63) is 23.0 Å². The van der Waals surface area contributed by atoms with Gasteiger partial charge in [-0.15, -0.1) is 12.1 Å². The van der Waals surface area contributed by atoms with E-state index in [0.717, 1.165) is 0 Å². The third-order valence-electron chi connectivity index (χ3n) is 1.13. The van der Waals surface area contributed by atoms with Crippen molar-refractivity contribution in [2.24, 2.45) is 3.50 Å². The summed E-state index contributed by atoms with van der Waals surface area (Å²) in [4.78, 5) is 0. The molecular weight excluding hydrogens is 429 g/mol. The molecule has 17 heavy (non-hydrogen) atoms. The van der Waals surface area contributed by atoms with Gasteiger partial charge in [0.1, 0.15) is 0 Å². The molecule has 0 amide bonds. The number of nitrogens with zero attached hydrogens (tertiary/aromatic N) is 3. The zero-order valence-electron chi connectivity index (χ0n) is 11.4. The first-order valence-electron chi connectivity index (χ1n) is 5.58. The molecule has 0 bridgehead atoms. The van der Waals surface area contributed by atoms with Gasteiger partial charge < -0.3 is 10.6 Å². The van der Waals surface area contributed by atoms with Gasteiger partial charge in [-0.3, -0.25) is 0 Å². The number of hydrogen-bond donors (Lipinski definition) is 0. The van der Waals surface area contributed by atoms with Gasteiger partial charge in [0.2, 0.25) is 0 Å². The van der Waals surface area contributed by atoms with Crippen molar-refractivity contribution >= 4 is 18.8 Å². The topological polar surface area (TPSA) is 40.6 Å². The van der Waals surface area contributed by atoms with Gasteiger partial charge in [0.25, 0.3) is 0 Å². The first-order valence-corrected chi connectivity index (χ1v) is 14.2. The molecule has 0 radical (unpaired) electrons. The zero-order chi connectivity index (χ0) is 13.8. The summed E-state index contributed by atoms with van der Waals surface area (Å²) in [6.07, 6.45) is 3.51. The Morgan fingerprint density at radius 3 is 1.35 bits per heavy atom. The first-order chi connectivity index (χ1) is 7.75. The molecule has 0 spiro atoms. The molecule has 0 N–H and O–H groups in total. The number of rotatable bonds is 5. The van der Waals surface area contributed by atoms with Crippen molar-refractivity contribution in [3.8, 4) is 0 Å². The summed E-state index contributed by atoms with van der Waals surface area (Å²) in [7, 11) is 10.9. The molecule has 6 heteroatoms. The van der Waals surface area contributed by atoms with Crippen molar-refractivity contribution in [2.45, 2.75) is 59.7 Å². The summed E-state index contributed by atoms with van der Waals surface area (Å²) in [6.45, 7) is 12.1. The van der Waals surface area contributed by atoms with Gasteiger partial charge in [-0.25, -0.2) is 12.4 Å². The molecule has 0 aliphatic carbocycles. The second-order valence-corrected chi connectivity index (χ2v) is 12.4. The second kappa shape index (κ2) is 12.9. The summed E-state index contributed by atoms with van der Waals surface area (Å²) >= 11 is -2.10. The Balaban J connectivity index is 0. The van der Waals surface area contributed by atoms with Crippen molar-refractivity contribution in [1.29, 1.82) is 0 Å². The average Bonchev–Trinajstić information content (AvgIpc) is 2.10. The van der Waals surface area contributed by atoms with Crippen molar-refractivity contribution in [3.63, 3.8) is 0 Å². The third-order valence-corrected chi connectivity index (χ3v) is 4.52. The van der Waals surface area contributed by atoms with Crippen LogP contribution in [-0.2, 0) is 15.0 Å². The summed E-state index contributed by atoms with van der Waals surface area (Å²) in [5.74, 6) is 0. The van der Waals surface area contributed by atoms with Crippen LogP contribution in [0.25, 0.3) is 10.6 Å². The molecule has 0 aromatic carbocycles. The van der Waals surface area contributed by atoms with Gasteiger partial charge in [0.05, 0.1) is 0 Å². The molecule has 0 rings (SSSR count). The molecule has 3 nitrogen and oxygen atoms in total. The van der Waals surface area contributed by atoms with E-state index >= 15 is 0 Å². The minimum atomic E-state index is -2.10. The standard InChI is InChI=1S/C8H16N2.C3H7N.2ClH.W/c1-7(2)9-5-6-10-8(3)4;1-3(2)4;;;/h5-8H,1-4H3;3H,1-2H3;2*1H;/q-2;;;;+2/p-2/b6-5-;;;;. The Kier molecular flexibility index (Phi) is 14.9. The molecule has 0 fully saturated rings. The summed E-state index contributed by atoms with van der Waals surface area (Å²) < 4.78 is 4.00. The van der Waals surface area contributed by atoms with E-state index in [9.17, 15) is 0 Å². The van der Waals surface area contributed by atoms with E-state index in [1.165, 1.54) is 0 Å². The van der Waals surface area contributed by atoms with E-state index in [-0.39, 0.29) is 0 Å². The van der Waals surface area contributed by atoms with Crippen molar-refractivity contribution in [2.75, 3.05) is 0 Å². The van der Waals surface area contributed by atoms with Gasteiger partial charge in [-0.2, -0.15) is 0 Å². The van der Waals surface area contributed by atoms with Crippen LogP contribution in [0.3, 0.4) is 0 Å². The zero-order valence-corrected chi connectivity index (χ0v) is 15.8. The Morgan fingerprint density at radius 1 is 0.882 bits per heavy atom. The molecule has 0 aromatic heterocycles. The molecule has 0 aliphatic rings. The van der Waals surface area contributed by atoms with E-state index in [0.29, 0.717) is 18.1 Å². The Bertz CT molecular complexity index is 213. The van der Waals surface area contributed by atoms with Crippen LogP contribution in [-0.4, -0.2) is 18.1 Å². The molecule has 0 aromatic rings. The van der Waals surface area contributed by atoms with E-state index < -0.39 is 15.0 Å². The molecule has 0 aliphatic heterocycles. The van der Waals surface area contributed by atoms with Crippen LogP contribution in [0.1, 0.15) is 41.5 Å². The molecule has 0 atom stereocenters. The fraction of sp³-hybridized carbons (Fsp3) is 0.818. The second-order valence-electron chi connectivity index (χ2n) is 4.18. The SMILES string of the molecule is CC(C)[N-]/C=C\[N-]C(C)C.CC(C)[N]=[W]([Cl])[Cl]. The van der Waals surface area contributed by atoms with Crippen LogP contribution in [0.2, 0.25) is 0 Å². The fourth-order valence-electron chi connectivity index (χ4n) is 0.581. The molecule has 0 saturated carbocycles. The molecule has 0 unspecified atom stereocenters. The summed E-state index contributed by atoms with van der Waals surface area (Å²) in [5, 5.41) is 8.24. The van der Waals surface area contributed by atoms with Crippen LogP contribution in [0.4, 0.5) is 0 Å². The predicted molar refractivity (Wildman–Crippen MR) is 75.4 cm³/mol. The molecule has 0 saturated heterocycles. The number of halogens is 2. The number of hydrogen-bond acceptors (Lipinski definition) is 1. The maximum atomic E-state index is 5.47. The normalized spacial score (nSPS) is 11.1. The Labute approximate surface area is 120 Å². The fourth-order valence-corrected chi connectivity index (χ4v) is 4.33. The van der Waals surface area contributed by atoms with Crippen molar-refractivity contribution < 1.29 is 15.0 Å². The Hall–Kier alpha value is 0.408. The average molecular weight is 452 g/mol. The van der Waals surface area contributed by atoms with E-state index in [2.05, 4.69) is 14.1 Å². The molecule has 0 heterocycles. The van der Waals surface area contributed by atoms with E-state index in [4.69, 9.17) is 18.8 Å². The van der Waals surface area contributed by atoms with Gasteiger partial charge in [-0.05, 0) is 0 Å². The van der Waals surface area contributed by atoms with E-state index in [1.54, 1.807) is 12.4 Å². The van der Waals surface area contributed by atoms with Gasteiger partial charge in [-0.1, -0.05) is 27.7 Å². The van der Waals surface area contributed by atoms with Crippen LogP contribution >= 0.6 is 18.8 Å². The first kappa shape index (κ1) is 19.7. The molecular formula is C11H23Cl2N3W-2. The van der Waals surface area contributed by atoms with E-state index in [1.807, 2.05) is 41.5 Å². The third kappa shape index (κ3) is 26.2. The predicted octanol–water partition coefficient (Wildman–Crippen LogP) is 5.53. The van der Waals surface area contributed by atoms with Crippen LogP contribution in [0.15, 0.2) is 15.9 Å². The van der Waals surface area contributed by atoms with Gasteiger partial charge in [0, 0.05) is 0 Å². The van der Waals surface area contributed by atoms with Gasteiger partial charge in [0.15, 0.2) is 0 Å². The summed E-state index contributed by atoms with van der Waals surface area (Å²) in [6, 6.07) is 1.07. The van der Waals surface area contributed by atoms with Crippen LogP contribution in [0, 0.1) is 0 Å². The van der Waals surface area contributed by atoms with Crippen LogP contribution in [0.5, 0.6) is 0 Å². The maximum absolute atomic E-state index is 5.47. The minimum absolute atomic E-state index is 0.323. The Morgan fingerprint density at radius 2 is 1.24 bits per heavy atom. The van der Waals surface area contributed by atoms with Crippen LogP contribution < -0.4 is 0 Å². The quantitative estimate of drug-likeness (QED) is 0.527. The van der Waals surface area contributed by atoms with Crippen molar-refractivity contribution in [1.82, 2.24) is 0 Å². The summed E-state index contributed by atoms with van der Waals surface area (Å²) in [5.41, 5.74) is 0. The molecule has 104 valence electrons. The monoisotopic (exact) mass is 451 g/mol.